The van der Waals surface area contributed by atoms with Gasteiger partial charge in [-0.2, -0.15) is 0 Å². The molecule has 1 aromatic carbocycles. The predicted molar refractivity (Wildman–Crippen MR) is 59.2 cm³/mol. The van der Waals surface area contributed by atoms with E-state index in [1.165, 1.54) is 29.1 Å². The summed E-state index contributed by atoms with van der Waals surface area (Å²) in [5.74, 6) is 0. The number of hydrogen-bond acceptors (Lipinski definition) is 3. The SMILES string of the molecule is c1cc2c(c(C3=NCCC3)c1)NCN2. The minimum absolute atomic E-state index is 0.833. The third-order valence-corrected chi connectivity index (χ3v) is 2.79. The first-order chi connectivity index (χ1) is 6.95. The third kappa shape index (κ3) is 1.09. The van der Waals surface area contributed by atoms with Gasteiger partial charge in [0.05, 0.1) is 18.0 Å². The van der Waals surface area contributed by atoms with Crippen molar-refractivity contribution in [3.63, 3.8) is 0 Å². The lowest BCUT2D eigenvalue weighted by molar-refractivity contribution is 0.951. The van der Waals surface area contributed by atoms with Crippen molar-refractivity contribution in [2.75, 3.05) is 23.8 Å². The highest BCUT2D eigenvalue weighted by Crippen LogP contribution is 2.31. The molecule has 3 nitrogen and oxygen atoms in total. The van der Waals surface area contributed by atoms with Crippen molar-refractivity contribution in [3.8, 4) is 0 Å². The van der Waals surface area contributed by atoms with Crippen molar-refractivity contribution < 1.29 is 0 Å². The second-order valence-corrected chi connectivity index (χ2v) is 3.69. The summed E-state index contributed by atoms with van der Waals surface area (Å²) in [6.07, 6.45) is 2.32. The molecule has 0 fully saturated rings. The van der Waals surface area contributed by atoms with E-state index in [0.717, 1.165) is 19.6 Å². The van der Waals surface area contributed by atoms with Crippen LogP contribution in [0.4, 0.5) is 11.4 Å². The summed E-state index contributed by atoms with van der Waals surface area (Å²) in [6.45, 7) is 1.83. The van der Waals surface area contributed by atoms with Crippen LogP contribution >= 0.6 is 0 Å². The van der Waals surface area contributed by atoms with Crippen LogP contribution in [0.5, 0.6) is 0 Å². The molecule has 0 saturated heterocycles. The van der Waals surface area contributed by atoms with Crippen molar-refractivity contribution >= 4 is 17.1 Å². The van der Waals surface area contributed by atoms with E-state index in [4.69, 9.17) is 0 Å². The molecular weight excluding hydrogens is 174 g/mol. The van der Waals surface area contributed by atoms with E-state index < -0.39 is 0 Å². The molecule has 3 rings (SSSR count). The number of rotatable bonds is 1. The van der Waals surface area contributed by atoms with Gasteiger partial charge in [0.2, 0.25) is 0 Å². The molecule has 2 heterocycles. The van der Waals surface area contributed by atoms with Crippen molar-refractivity contribution in [2.24, 2.45) is 4.99 Å². The normalized spacial score (nSPS) is 18.4. The Hall–Kier alpha value is -1.51. The zero-order chi connectivity index (χ0) is 9.38. The molecule has 0 saturated carbocycles. The number of fused-ring (bicyclic) bond motifs is 1. The maximum Gasteiger partial charge on any atom is 0.0851 e. The second kappa shape index (κ2) is 3.01. The second-order valence-electron chi connectivity index (χ2n) is 3.69. The van der Waals surface area contributed by atoms with E-state index in [-0.39, 0.29) is 0 Å². The number of benzene rings is 1. The summed E-state index contributed by atoms with van der Waals surface area (Å²) in [7, 11) is 0. The summed E-state index contributed by atoms with van der Waals surface area (Å²) in [5.41, 5.74) is 4.98. The molecule has 2 aliphatic heterocycles. The molecule has 14 heavy (non-hydrogen) atoms. The first kappa shape index (κ1) is 7.85. The zero-order valence-electron chi connectivity index (χ0n) is 8.01. The molecular formula is C11H13N3. The third-order valence-electron chi connectivity index (χ3n) is 2.79. The Morgan fingerprint density at radius 3 is 3.07 bits per heavy atom. The lowest BCUT2D eigenvalue weighted by Crippen LogP contribution is -2.02. The van der Waals surface area contributed by atoms with Gasteiger partial charge < -0.3 is 10.6 Å². The van der Waals surface area contributed by atoms with E-state index in [9.17, 15) is 0 Å². The maximum absolute atomic E-state index is 4.53. The quantitative estimate of drug-likeness (QED) is 0.706. The molecule has 0 bridgehead atoms. The van der Waals surface area contributed by atoms with Gasteiger partial charge in [-0.05, 0) is 18.9 Å². The van der Waals surface area contributed by atoms with Crippen LogP contribution in [0.2, 0.25) is 0 Å². The Bertz CT molecular complexity index is 396. The van der Waals surface area contributed by atoms with Crippen molar-refractivity contribution in [1.82, 2.24) is 0 Å². The summed E-state index contributed by atoms with van der Waals surface area (Å²) < 4.78 is 0. The van der Waals surface area contributed by atoms with Gasteiger partial charge in [-0.15, -0.1) is 0 Å². The fourth-order valence-electron chi connectivity index (χ4n) is 2.12. The number of nitrogens with one attached hydrogen (secondary N) is 2. The minimum atomic E-state index is 0.833. The van der Waals surface area contributed by atoms with Gasteiger partial charge in [0, 0.05) is 17.8 Å². The number of hydrogen-bond donors (Lipinski definition) is 2. The van der Waals surface area contributed by atoms with Crippen LogP contribution in [0, 0.1) is 0 Å². The van der Waals surface area contributed by atoms with Crippen molar-refractivity contribution in [2.45, 2.75) is 12.8 Å². The average Bonchev–Trinajstić information content (AvgIpc) is 2.88. The molecule has 0 unspecified atom stereocenters. The van der Waals surface area contributed by atoms with E-state index in [2.05, 4.69) is 33.8 Å². The lowest BCUT2D eigenvalue weighted by atomic mass is 10.0. The molecule has 3 heteroatoms. The van der Waals surface area contributed by atoms with Crippen LogP contribution in [0.15, 0.2) is 23.2 Å². The fraction of sp³-hybridized carbons (Fsp3) is 0.364. The van der Waals surface area contributed by atoms with Crippen LogP contribution < -0.4 is 10.6 Å². The van der Waals surface area contributed by atoms with Crippen LogP contribution in [-0.2, 0) is 0 Å². The van der Waals surface area contributed by atoms with Gasteiger partial charge in [0.1, 0.15) is 0 Å². The predicted octanol–water partition coefficient (Wildman–Crippen LogP) is 2.06. The Morgan fingerprint density at radius 2 is 2.21 bits per heavy atom. The summed E-state index contributed by atoms with van der Waals surface area (Å²) in [6, 6.07) is 6.35. The number of aliphatic imine (C=N–C) groups is 1. The number of nitrogens with zero attached hydrogens (tertiary/aromatic N) is 1. The van der Waals surface area contributed by atoms with Crippen LogP contribution in [0.3, 0.4) is 0 Å². The van der Waals surface area contributed by atoms with Gasteiger partial charge in [0.15, 0.2) is 0 Å². The number of anilines is 2. The average molecular weight is 187 g/mol. The number of para-hydroxylation sites is 1. The standard InChI is InChI=1S/C11H13N3/c1-3-8(9-5-2-6-12-9)11-10(4-1)13-7-14-11/h1,3-4,13-14H,2,5-7H2. The monoisotopic (exact) mass is 187 g/mol. The lowest BCUT2D eigenvalue weighted by Gasteiger charge is -2.06. The molecule has 0 aliphatic carbocycles. The largest absolute Gasteiger partial charge is 0.366 e. The van der Waals surface area contributed by atoms with E-state index in [1.807, 2.05) is 0 Å². The highest BCUT2D eigenvalue weighted by atomic mass is 15.1. The van der Waals surface area contributed by atoms with Crippen LogP contribution in [0.25, 0.3) is 0 Å². The Labute approximate surface area is 83.2 Å². The fourth-order valence-corrected chi connectivity index (χ4v) is 2.12. The molecule has 2 N–H and O–H groups in total. The highest BCUT2D eigenvalue weighted by Gasteiger charge is 2.18. The van der Waals surface area contributed by atoms with Crippen LogP contribution in [-0.4, -0.2) is 18.9 Å². The van der Waals surface area contributed by atoms with E-state index in [1.54, 1.807) is 0 Å². The smallest absolute Gasteiger partial charge is 0.0851 e. The van der Waals surface area contributed by atoms with Gasteiger partial charge >= 0.3 is 0 Å². The molecule has 0 aromatic heterocycles. The summed E-state index contributed by atoms with van der Waals surface area (Å²) in [5, 5.41) is 6.65. The molecule has 1 aromatic rings. The van der Waals surface area contributed by atoms with Gasteiger partial charge in [-0.3, -0.25) is 4.99 Å². The Balaban J connectivity index is 2.09. The van der Waals surface area contributed by atoms with Gasteiger partial charge in [0.25, 0.3) is 0 Å². The van der Waals surface area contributed by atoms with Crippen molar-refractivity contribution in [1.29, 1.82) is 0 Å². The summed E-state index contributed by atoms with van der Waals surface area (Å²) in [4.78, 5) is 4.53. The van der Waals surface area contributed by atoms with Gasteiger partial charge in [-0.25, -0.2) is 0 Å². The molecule has 0 radical (unpaired) electrons. The molecule has 72 valence electrons. The van der Waals surface area contributed by atoms with E-state index in [0.29, 0.717) is 0 Å². The summed E-state index contributed by atoms with van der Waals surface area (Å²) >= 11 is 0. The maximum atomic E-state index is 4.53. The Kier molecular flexibility index (Phi) is 1.69. The Morgan fingerprint density at radius 1 is 1.21 bits per heavy atom. The zero-order valence-corrected chi connectivity index (χ0v) is 8.01. The molecule has 0 spiro atoms. The molecule has 0 amide bonds. The van der Waals surface area contributed by atoms with E-state index >= 15 is 0 Å². The highest BCUT2D eigenvalue weighted by molar-refractivity contribution is 6.08. The minimum Gasteiger partial charge on any atom is -0.366 e. The van der Waals surface area contributed by atoms with Crippen LogP contribution in [0.1, 0.15) is 18.4 Å². The first-order valence-electron chi connectivity index (χ1n) is 5.09. The molecule has 2 aliphatic rings. The first-order valence-corrected chi connectivity index (χ1v) is 5.09. The molecule has 0 atom stereocenters. The van der Waals surface area contributed by atoms with Gasteiger partial charge in [-0.1, -0.05) is 12.1 Å². The van der Waals surface area contributed by atoms with Crippen molar-refractivity contribution in [3.05, 3.63) is 23.8 Å². The topological polar surface area (TPSA) is 36.4 Å².